The van der Waals surface area contributed by atoms with Crippen LogP contribution in [0.25, 0.3) is 29.2 Å². The lowest BCUT2D eigenvalue weighted by molar-refractivity contribution is -0.159. The molecule has 0 fully saturated rings. The monoisotopic (exact) mass is 1250 g/mol. The molecule has 0 aliphatic carbocycles. The standard InChI is InChI=1S/C69H93N3O16Si/c1-44(30-32-58(48(5)65(76)45(2)34-35-73)86-43-82-39-49-31-33-59(78-10)62(36-49)80-12)60(79-11)38-61-47(4)57(77-9)28-21-29-63-70-54(41-83-63)67-72-55(42-85-67)68-71-53(40-84-68)66(81-13)46(3)56(74)27-20-22-50(37-64(75)87-61)88-89(69(6,7)8,51-23-16-14-17-24-51)52-25-18-15-19-26-52/h14-21,23-27,29,31,33,36,40-42,44-48,50,57-58,60-61,65-66,73,76H,22,28,30,32,34-35,37-39,43H2,1-13H3/b27-20+,29-21+/t44-,45+,46-,47+,48+,50-,57-,58+,60-,61-,65+,66?/m0/s1. The topological polar surface area (TPSA) is 236 Å². The number of esters is 1. The number of hydrogen-bond donors (Lipinski definition) is 2. The minimum Gasteiger partial charge on any atom is -0.493 e. The highest BCUT2D eigenvalue weighted by Crippen LogP contribution is 2.40. The number of aliphatic hydroxyl groups is 2. The number of aliphatic hydroxyl groups excluding tert-OH is 2. The molecule has 1 unspecified atom stereocenters. The molecular weight excluding hydrogens is 1150 g/mol. The number of hydrogen-bond acceptors (Lipinski definition) is 19. The zero-order chi connectivity index (χ0) is 64.3. The second-order valence-electron chi connectivity index (χ2n) is 24.3. The Balaban J connectivity index is 1.21. The molecule has 0 amide bonds. The van der Waals surface area contributed by atoms with Crippen molar-refractivity contribution in [3.05, 3.63) is 133 Å². The average molecular weight is 1250 g/mol. The van der Waals surface area contributed by atoms with Crippen LogP contribution >= 0.6 is 0 Å². The van der Waals surface area contributed by atoms with Crippen LogP contribution in [0.3, 0.4) is 0 Å². The molecule has 2 N–H and O–H groups in total. The van der Waals surface area contributed by atoms with Gasteiger partial charge >= 0.3 is 5.97 Å². The van der Waals surface area contributed by atoms with E-state index in [-0.39, 0.29) is 68.2 Å². The second kappa shape index (κ2) is 33.5. The van der Waals surface area contributed by atoms with Gasteiger partial charge in [0.2, 0.25) is 17.7 Å². The van der Waals surface area contributed by atoms with Crippen molar-refractivity contribution < 1.29 is 75.4 Å². The summed E-state index contributed by atoms with van der Waals surface area (Å²) in [5, 5.41) is 23.0. The second-order valence-corrected chi connectivity index (χ2v) is 28.6. The zero-order valence-corrected chi connectivity index (χ0v) is 55.0. The van der Waals surface area contributed by atoms with Crippen molar-refractivity contribution in [2.24, 2.45) is 29.6 Å². The number of methoxy groups -OCH3 is 5. The Hall–Kier alpha value is -6.59. The van der Waals surface area contributed by atoms with E-state index in [1.807, 2.05) is 81.4 Å². The smallest absolute Gasteiger partial charge is 0.308 e. The number of benzene rings is 3. The Kier molecular flexibility index (Phi) is 26.3. The lowest BCUT2D eigenvalue weighted by Gasteiger charge is -2.45. The molecule has 1 aliphatic heterocycles. The highest BCUT2D eigenvalue weighted by Gasteiger charge is 2.52. The molecule has 19 nitrogen and oxygen atoms in total. The number of ketones is 1. The molecule has 20 heteroatoms. The molecule has 3 aromatic heterocycles. The van der Waals surface area contributed by atoms with Crippen molar-refractivity contribution >= 4 is 36.5 Å². The summed E-state index contributed by atoms with van der Waals surface area (Å²) in [6.45, 7) is 16.4. The number of allylic oxidation sites excluding steroid dienone is 1. The molecule has 3 aromatic carbocycles. The van der Waals surface area contributed by atoms with Crippen LogP contribution in [0.15, 0.2) is 129 Å². The molecule has 0 spiro atoms. The molecule has 4 heterocycles. The molecular formula is C69H93N3O16Si. The van der Waals surface area contributed by atoms with Gasteiger partial charge in [0.1, 0.15) is 43.5 Å². The van der Waals surface area contributed by atoms with Gasteiger partial charge in [-0.2, -0.15) is 0 Å². The molecule has 0 saturated carbocycles. The fourth-order valence-electron chi connectivity index (χ4n) is 11.9. The van der Waals surface area contributed by atoms with E-state index in [4.69, 9.17) is 55.6 Å². The average Bonchev–Trinajstić information content (AvgIpc) is 1.89. The van der Waals surface area contributed by atoms with Crippen molar-refractivity contribution in [3.63, 3.8) is 0 Å². The Morgan fingerprint density at radius 2 is 1.37 bits per heavy atom. The maximum Gasteiger partial charge on any atom is 0.308 e. The largest absolute Gasteiger partial charge is 0.493 e. The Morgan fingerprint density at radius 3 is 2.01 bits per heavy atom. The highest BCUT2D eigenvalue weighted by molar-refractivity contribution is 6.99. The van der Waals surface area contributed by atoms with Gasteiger partial charge in [0.25, 0.3) is 8.32 Å². The van der Waals surface area contributed by atoms with Gasteiger partial charge in [0.15, 0.2) is 28.7 Å². The van der Waals surface area contributed by atoms with E-state index in [1.165, 1.54) is 32.0 Å². The maximum absolute atomic E-state index is 15.2. The molecule has 89 heavy (non-hydrogen) atoms. The fraction of sp³-hybridized carbons (Fsp3) is 0.522. The number of aromatic nitrogens is 3. The Bertz CT molecular complexity index is 3120. The van der Waals surface area contributed by atoms with Gasteiger partial charge in [-0.1, -0.05) is 134 Å². The first-order chi connectivity index (χ1) is 42.8. The first-order valence-electron chi connectivity index (χ1n) is 30.8. The van der Waals surface area contributed by atoms with E-state index < -0.39 is 73.9 Å². The summed E-state index contributed by atoms with van der Waals surface area (Å²) in [5.74, 6) is -0.664. The summed E-state index contributed by atoms with van der Waals surface area (Å²) in [4.78, 5) is 43.3. The van der Waals surface area contributed by atoms with Gasteiger partial charge in [-0.3, -0.25) is 9.59 Å². The third kappa shape index (κ3) is 18.1. The van der Waals surface area contributed by atoms with Crippen LogP contribution in [-0.2, 0) is 49.0 Å². The summed E-state index contributed by atoms with van der Waals surface area (Å²) in [7, 11) is 4.67. The van der Waals surface area contributed by atoms with E-state index in [2.05, 4.69) is 66.9 Å². The van der Waals surface area contributed by atoms with Crippen molar-refractivity contribution in [3.8, 4) is 34.7 Å². The third-order valence-corrected chi connectivity index (χ3v) is 22.4. The lowest BCUT2D eigenvalue weighted by atomic mass is 9.83. The molecule has 0 radical (unpaired) electrons. The van der Waals surface area contributed by atoms with Gasteiger partial charge in [0, 0.05) is 46.2 Å². The van der Waals surface area contributed by atoms with Crippen molar-refractivity contribution in [1.29, 1.82) is 0 Å². The lowest BCUT2D eigenvalue weighted by Crippen LogP contribution is -2.67. The van der Waals surface area contributed by atoms with Crippen LogP contribution < -0.4 is 19.8 Å². The van der Waals surface area contributed by atoms with Crippen LogP contribution in [0.5, 0.6) is 11.5 Å². The zero-order valence-electron chi connectivity index (χ0n) is 54.0. The van der Waals surface area contributed by atoms with E-state index in [1.54, 1.807) is 47.5 Å². The number of rotatable bonds is 25. The third-order valence-electron chi connectivity index (χ3n) is 17.3. The predicted molar refractivity (Wildman–Crippen MR) is 340 cm³/mol. The van der Waals surface area contributed by atoms with Gasteiger partial charge in [-0.05, 0) is 89.2 Å². The predicted octanol–water partition coefficient (Wildman–Crippen LogP) is 11.6. The Morgan fingerprint density at radius 1 is 0.719 bits per heavy atom. The van der Waals surface area contributed by atoms with Gasteiger partial charge in [0.05, 0.1) is 63.7 Å². The minimum atomic E-state index is -3.30. The molecule has 1 aliphatic rings. The summed E-state index contributed by atoms with van der Waals surface area (Å²) in [6, 6.07) is 26.0. The Labute approximate surface area is 525 Å². The van der Waals surface area contributed by atoms with Crippen LogP contribution in [0, 0.1) is 29.6 Å². The summed E-state index contributed by atoms with van der Waals surface area (Å²) in [5.41, 5.74) is 1.90. The summed E-state index contributed by atoms with van der Waals surface area (Å²) in [6.07, 6.45) is 9.04. The first-order valence-corrected chi connectivity index (χ1v) is 32.7. The number of oxazole rings is 3. The molecule has 7 rings (SSSR count). The number of carbonyl (C=O) groups is 2. The first kappa shape index (κ1) is 69.9. The molecule has 6 aromatic rings. The van der Waals surface area contributed by atoms with E-state index >= 15 is 4.79 Å². The molecule has 484 valence electrons. The minimum absolute atomic E-state index is 0.0428. The van der Waals surface area contributed by atoms with E-state index in [0.717, 1.165) is 15.9 Å². The van der Waals surface area contributed by atoms with Crippen LogP contribution in [0.4, 0.5) is 0 Å². The molecule has 12 atom stereocenters. The number of fused-ring (bicyclic) bond motifs is 8. The van der Waals surface area contributed by atoms with Gasteiger partial charge in [-0.15, -0.1) is 0 Å². The number of carbonyl (C=O) groups excluding carboxylic acids is 2. The number of cyclic esters (lactones) is 1. The highest BCUT2D eigenvalue weighted by atomic mass is 28.4. The molecule has 6 bridgehead atoms. The maximum atomic E-state index is 15.2. The SMILES string of the molecule is COc1ccc(COCO[C@H](CC[C@H](C)[C@H](C[C@@H]2OC(=O)C[C@@H](O[Si](c3ccccc3)(c3ccccc3)C(C)(C)C)C/C=C/C(=O)[C@H](C)C(OC)c3coc(n3)-c3coc(n3)-c3coc(n3)/C=C/C[C@H](OC)[C@H]2C)OC)[C@@H](C)[C@H](O)[C@H](C)CCO)cc1OC. The normalized spacial score (nSPS) is 21.9. The summed E-state index contributed by atoms with van der Waals surface area (Å²) >= 11 is 0. The fourth-order valence-corrected chi connectivity index (χ4v) is 16.6. The number of nitrogens with zero attached hydrogens (tertiary/aromatic N) is 3. The van der Waals surface area contributed by atoms with Gasteiger partial charge < -0.3 is 65.8 Å². The van der Waals surface area contributed by atoms with Gasteiger partial charge in [-0.25, -0.2) is 15.0 Å². The van der Waals surface area contributed by atoms with Crippen molar-refractivity contribution in [1.82, 2.24) is 15.0 Å². The molecule has 0 saturated heterocycles. The van der Waals surface area contributed by atoms with Crippen molar-refractivity contribution in [2.75, 3.05) is 48.9 Å². The number of ether oxygens (including phenoxy) is 8. The van der Waals surface area contributed by atoms with Crippen LogP contribution in [0.2, 0.25) is 5.04 Å². The quantitative estimate of drug-likeness (QED) is 0.0234. The summed E-state index contributed by atoms with van der Waals surface area (Å²) < 4.78 is 73.9. The van der Waals surface area contributed by atoms with Crippen molar-refractivity contribution in [2.45, 2.75) is 155 Å². The van der Waals surface area contributed by atoms with Crippen LogP contribution in [-0.4, -0.2) is 131 Å². The van der Waals surface area contributed by atoms with Crippen LogP contribution in [0.1, 0.15) is 124 Å². The van der Waals surface area contributed by atoms with E-state index in [9.17, 15) is 15.0 Å². The van der Waals surface area contributed by atoms with E-state index in [0.29, 0.717) is 66.6 Å².